The smallest absolute Gasteiger partial charge is 0.170 e. The number of halogens is 1. The van der Waals surface area contributed by atoms with Crippen LogP contribution in [0.3, 0.4) is 0 Å². The van der Waals surface area contributed by atoms with E-state index in [4.69, 9.17) is 4.74 Å². The first-order valence-corrected chi connectivity index (χ1v) is 6.06. The van der Waals surface area contributed by atoms with Gasteiger partial charge in [-0.1, -0.05) is 0 Å². The third-order valence-corrected chi connectivity index (χ3v) is 3.27. The number of hydrogen-bond donors (Lipinski definition) is 0. The Bertz CT molecular complexity index is 568. The fourth-order valence-electron chi connectivity index (χ4n) is 1.84. The molecular weight excluding hydrogens is 241 g/mol. The summed E-state index contributed by atoms with van der Waals surface area (Å²) in [5.41, 5.74) is 2.85. The number of Topliss-reactive ketones (excluding diaryl/α,β-unsaturated/α-hetero) is 1. The summed E-state index contributed by atoms with van der Waals surface area (Å²) in [6.45, 7) is 0. The number of rotatable bonds is 1. The molecule has 1 atom stereocenters. The summed E-state index contributed by atoms with van der Waals surface area (Å²) >= 11 is 1.44. The van der Waals surface area contributed by atoms with Gasteiger partial charge in [0.15, 0.2) is 5.78 Å². The van der Waals surface area contributed by atoms with Crippen LogP contribution in [0.5, 0.6) is 5.75 Å². The predicted molar refractivity (Wildman–Crippen MR) is 60.8 cm³/mol. The van der Waals surface area contributed by atoms with E-state index >= 15 is 0 Å². The van der Waals surface area contributed by atoms with Gasteiger partial charge in [-0.15, -0.1) is 11.3 Å². The second-order valence-electron chi connectivity index (χ2n) is 3.79. The molecular formula is C12H8FNO2S. The summed E-state index contributed by atoms with van der Waals surface area (Å²) in [5, 5.41) is 1.84. The maximum atomic E-state index is 13.1. The van der Waals surface area contributed by atoms with E-state index in [1.54, 1.807) is 5.51 Å². The van der Waals surface area contributed by atoms with E-state index in [0.29, 0.717) is 11.3 Å². The van der Waals surface area contributed by atoms with Crippen LogP contribution in [0.25, 0.3) is 0 Å². The van der Waals surface area contributed by atoms with Gasteiger partial charge in [0.1, 0.15) is 17.7 Å². The summed E-state index contributed by atoms with van der Waals surface area (Å²) in [6, 6.07) is 3.97. The first-order valence-electron chi connectivity index (χ1n) is 5.11. The van der Waals surface area contributed by atoms with Gasteiger partial charge in [-0.2, -0.15) is 0 Å². The second-order valence-corrected chi connectivity index (χ2v) is 4.51. The van der Waals surface area contributed by atoms with Crippen LogP contribution in [0.1, 0.15) is 28.6 Å². The molecule has 1 unspecified atom stereocenters. The zero-order chi connectivity index (χ0) is 11.8. The highest BCUT2D eigenvalue weighted by Crippen LogP contribution is 2.34. The van der Waals surface area contributed by atoms with Gasteiger partial charge in [0, 0.05) is 11.4 Å². The highest BCUT2D eigenvalue weighted by atomic mass is 32.1. The number of aromatic nitrogens is 1. The molecule has 17 heavy (non-hydrogen) atoms. The summed E-state index contributed by atoms with van der Waals surface area (Å²) < 4.78 is 18.7. The van der Waals surface area contributed by atoms with Crippen LogP contribution in [-0.2, 0) is 0 Å². The number of thiazole rings is 1. The molecule has 1 aromatic carbocycles. The molecule has 86 valence electrons. The maximum Gasteiger partial charge on any atom is 0.170 e. The van der Waals surface area contributed by atoms with Gasteiger partial charge in [0.05, 0.1) is 23.2 Å². The average molecular weight is 249 g/mol. The number of carbonyl (C=O) groups excluding carboxylic acids is 1. The Labute approximate surface area is 101 Å². The molecule has 0 fully saturated rings. The standard InChI is InChI=1S/C12H8FNO2S/c13-7-1-2-8-10(15)4-12(16-11(8)3-7)9-5-17-6-14-9/h1-3,5-6,12H,4H2. The normalized spacial score (nSPS) is 18.6. The van der Waals surface area contributed by atoms with Crippen LogP contribution < -0.4 is 4.74 Å². The first kappa shape index (κ1) is 10.4. The van der Waals surface area contributed by atoms with Crippen molar-refractivity contribution < 1.29 is 13.9 Å². The first-order chi connectivity index (χ1) is 8.24. The minimum atomic E-state index is -0.407. The van der Waals surface area contributed by atoms with Gasteiger partial charge >= 0.3 is 0 Å². The van der Waals surface area contributed by atoms with Crippen molar-refractivity contribution in [3.05, 3.63) is 46.2 Å². The lowest BCUT2D eigenvalue weighted by Gasteiger charge is -2.23. The molecule has 3 nitrogen and oxygen atoms in total. The van der Waals surface area contributed by atoms with Gasteiger partial charge in [-0.05, 0) is 12.1 Å². The highest BCUT2D eigenvalue weighted by Gasteiger charge is 2.28. The van der Waals surface area contributed by atoms with E-state index in [-0.39, 0.29) is 12.2 Å². The Morgan fingerprint density at radius 3 is 3.12 bits per heavy atom. The van der Waals surface area contributed by atoms with Crippen molar-refractivity contribution in [2.24, 2.45) is 0 Å². The molecule has 2 heterocycles. The third-order valence-electron chi connectivity index (χ3n) is 2.67. The number of ether oxygens (including phenoxy) is 1. The summed E-state index contributed by atoms with van der Waals surface area (Å²) in [6.07, 6.45) is -0.148. The van der Waals surface area contributed by atoms with Crippen LogP contribution in [0.4, 0.5) is 4.39 Å². The number of carbonyl (C=O) groups is 1. The molecule has 0 saturated heterocycles. The van der Waals surface area contributed by atoms with E-state index < -0.39 is 11.9 Å². The monoisotopic (exact) mass is 249 g/mol. The van der Waals surface area contributed by atoms with Crippen LogP contribution in [-0.4, -0.2) is 10.8 Å². The highest BCUT2D eigenvalue weighted by molar-refractivity contribution is 7.07. The SMILES string of the molecule is O=C1CC(c2cscn2)Oc2cc(F)ccc21. The second kappa shape index (κ2) is 3.92. The maximum absolute atomic E-state index is 13.1. The van der Waals surface area contributed by atoms with Gasteiger partial charge in [0.2, 0.25) is 0 Å². The van der Waals surface area contributed by atoms with Gasteiger partial charge in [-0.25, -0.2) is 9.37 Å². The van der Waals surface area contributed by atoms with Crippen molar-refractivity contribution in [1.29, 1.82) is 0 Å². The van der Waals surface area contributed by atoms with Crippen molar-refractivity contribution in [3.63, 3.8) is 0 Å². The Balaban J connectivity index is 2.00. The van der Waals surface area contributed by atoms with E-state index in [0.717, 1.165) is 5.69 Å². The fourth-order valence-corrected chi connectivity index (χ4v) is 2.44. The molecule has 2 aromatic rings. The zero-order valence-electron chi connectivity index (χ0n) is 8.72. The molecule has 0 N–H and O–H groups in total. The molecule has 0 amide bonds. The van der Waals surface area contributed by atoms with Crippen molar-refractivity contribution in [1.82, 2.24) is 4.98 Å². The third kappa shape index (κ3) is 1.82. The molecule has 0 spiro atoms. The minimum absolute atomic E-state index is 0.0377. The Hall–Kier alpha value is -1.75. The van der Waals surface area contributed by atoms with Gasteiger partial charge in [0.25, 0.3) is 0 Å². The lowest BCUT2D eigenvalue weighted by Crippen LogP contribution is -2.20. The van der Waals surface area contributed by atoms with Crippen LogP contribution in [0.15, 0.2) is 29.1 Å². The Kier molecular flexibility index (Phi) is 2.40. The van der Waals surface area contributed by atoms with Crippen LogP contribution in [0.2, 0.25) is 0 Å². The quantitative estimate of drug-likeness (QED) is 0.780. The molecule has 1 aliphatic rings. The van der Waals surface area contributed by atoms with E-state index in [9.17, 15) is 9.18 Å². The molecule has 0 aliphatic carbocycles. The van der Waals surface area contributed by atoms with Gasteiger partial charge in [-0.3, -0.25) is 4.79 Å². The van der Waals surface area contributed by atoms with Crippen molar-refractivity contribution >= 4 is 17.1 Å². The molecule has 0 bridgehead atoms. The fraction of sp³-hybridized carbons (Fsp3) is 0.167. The molecule has 5 heteroatoms. The summed E-state index contributed by atoms with van der Waals surface area (Å²) in [7, 11) is 0. The molecule has 1 aliphatic heterocycles. The minimum Gasteiger partial charge on any atom is -0.483 e. The summed E-state index contributed by atoms with van der Waals surface area (Å²) in [5.74, 6) is -0.140. The number of ketones is 1. The number of fused-ring (bicyclic) bond motifs is 1. The van der Waals surface area contributed by atoms with E-state index in [1.165, 1.54) is 29.5 Å². The van der Waals surface area contributed by atoms with E-state index in [1.807, 2.05) is 5.38 Å². The molecule has 0 radical (unpaired) electrons. The zero-order valence-corrected chi connectivity index (χ0v) is 9.54. The molecule has 1 aromatic heterocycles. The predicted octanol–water partition coefficient (Wildman–Crippen LogP) is 2.99. The largest absolute Gasteiger partial charge is 0.483 e. The van der Waals surface area contributed by atoms with Crippen molar-refractivity contribution in [2.45, 2.75) is 12.5 Å². The lowest BCUT2D eigenvalue weighted by molar-refractivity contribution is 0.0844. The van der Waals surface area contributed by atoms with Crippen LogP contribution in [0, 0.1) is 5.82 Å². The van der Waals surface area contributed by atoms with Crippen molar-refractivity contribution in [3.8, 4) is 5.75 Å². The number of nitrogens with zero attached hydrogens (tertiary/aromatic N) is 1. The lowest BCUT2D eigenvalue weighted by atomic mass is 9.99. The summed E-state index contributed by atoms with van der Waals surface area (Å²) in [4.78, 5) is 16.0. The van der Waals surface area contributed by atoms with Crippen molar-refractivity contribution in [2.75, 3.05) is 0 Å². The topological polar surface area (TPSA) is 39.2 Å². The average Bonchev–Trinajstić information content (AvgIpc) is 2.81. The molecule has 3 rings (SSSR count). The number of hydrogen-bond acceptors (Lipinski definition) is 4. The van der Waals surface area contributed by atoms with Gasteiger partial charge < -0.3 is 4.74 Å². The Morgan fingerprint density at radius 2 is 2.35 bits per heavy atom. The van der Waals surface area contributed by atoms with E-state index in [2.05, 4.69) is 4.98 Å². The molecule has 0 saturated carbocycles. The van der Waals surface area contributed by atoms with Crippen LogP contribution >= 0.6 is 11.3 Å². The number of benzene rings is 1. The Morgan fingerprint density at radius 1 is 1.47 bits per heavy atom.